The lowest BCUT2D eigenvalue weighted by molar-refractivity contribution is 0.369. The second-order valence-electron chi connectivity index (χ2n) is 6.41. The molecule has 2 aromatic rings. The highest BCUT2D eigenvalue weighted by Gasteiger charge is 2.41. The first kappa shape index (κ1) is 12.1. The summed E-state index contributed by atoms with van der Waals surface area (Å²) in [4.78, 5) is 16.8. The minimum absolute atomic E-state index is 0.617. The summed E-state index contributed by atoms with van der Waals surface area (Å²) in [5.41, 5.74) is 0.930. The van der Waals surface area contributed by atoms with Crippen molar-refractivity contribution < 1.29 is 0 Å². The Balaban J connectivity index is 1.59. The van der Waals surface area contributed by atoms with E-state index >= 15 is 0 Å². The van der Waals surface area contributed by atoms with Gasteiger partial charge in [-0.1, -0.05) is 0 Å². The highest BCUT2D eigenvalue weighted by atomic mass is 15.2. The smallest absolute Gasteiger partial charge is 0.142 e. The Morgan fingerprint density at radius 3 is 2.75 bits per heavy atom. The summed E-state index contributed by atoms with van der Waals surface area (Å²) in [5.74, 6) is 2.81. The number of aromatic nitrogens is 3. The normalized spacial score (nSPS) is 30.0. The van der Waals surface area contributed by atoms with Crippen molar-refractivity contribution in [2.24, 2.45) is 11.8 Å². The molecule has 0 radical (unpaired) electrons. The molecule has 0 bridgehead atoms. The average Bonchev–Trinajstić information content (AvgIpc) is 3.10. The van der Waals surface area contributed by atoms with Gasteiger partial charge in [0.2, 0.25) is 0 Å². The second-order valence-corrected chi connectivity index (χ2v) is 6.41. The summed E-state index contributed by atoms with van der Waals surface area (Å²) < 4.78 is 0. The minimum atomic E-state index is 0.617. The van der Waals surface area contributed by atoms with Crippen LogP contribution in [0, 0.1) is 11.8 Å². The van der Waals surface area contributed by atoms with Crippen molar-refractivity contribution >= 4 is 16.9 Å². The average molecular weight is 271 g/mol. The van der Waals surface area contributed by atoms with Crippen LogP contribution in [-0.4, -0.2) is 53.1 Å². The van der Waals surface area contributed by atoms with Gasteiger partial charge >= 0.3 is 0 Å². The third-order valence-electron chi connectivity index (χ3n) is 5.12. The third-order valence-corrected chi connectivity index (χ3v) is 5.12. The maximum atomic E-state index is 4.52. The SMILES string of the molecule is CN1C[C@H]2CC(N(C)c3ncnc4[nH]ccc34)C[C@H]2C1. The molecule has 3 heterocycles. The van der Waals surface area contributed by atoms with Crippen molar-refractivity contribution in [3.8, 4) is 0 Å². The van der Waals surface area contributed by atoms with Crippen molar-refractivity contribution in [3.05, 3.63) is 18.6 Å². The number of fused-ring (bicyclic) bond motifs is 2. The summed E-state index contributed by atoms with van der Waals surface area (Å²) in [6, 6.07) is 2.69. The van der Waals surface area contributed by atoms with E-state index in [9.17, 15) is 0 Å². The number of rotatable bonds is 2. The summed E-state index contributed by atoms with van der Waals surface area (Å²) in [6.07, 6.45) is 6.19. The fourth-order valence-corrected chi connectivity index (χ4v) is 4.13. The Labute approximate surface area is 119 Å². The number of anilines is 1. The minimum Gasteiger partial charge on any atom is -0.356 e. The van der Waals surface area contributed by atoms with Crippen LogP contribution in [0.25, 0.3) is 11.0 Å². The van der Waals surface area contributed by atoms with Crippen LogP contribution < -0.4 is 4.90 Å². The van der Waals surface area contributed by atoms with Crippen LogP contribution in [-0.2, 0) is 0 Å². The lowest BCUT2D eigenvalue weighted by atomic mass is 10.0. The third kappa shape index (κ3) is 1.80. The van der Waals surface area contributed by atoms with E-state index in [1.165, 1.54) is 25.9 Å². The second kappa shape index (κ2) is 4.45. The van der Waals surface area contributed by atoms with Crippen molar-refractivity contribution in [2.45, 2.75) is 18.9 Å². The molecule has 0 aromatic carbocycles. The number of likely N-dealkylation sites (tertiary alicyclic amines) is 1. The van der Waals surface area contributed by atoms with Gasteiger partial charge in [-0.3, -0.25) is 0 Å². The van der Waals surface area contributed by atoms with Gasteiger partial charge in [0, 0.05) is 32.4 Å². The quantitative estimate of drug-likeness (QED) is 0.904. The maximum Gasteiger partial charge on any atom is 0.142 e. The lowest BCUT2D eigenvalue weighted by Crippen LogP contribution is -2.32. The molecular weight excluding hydrogens is 250 g/mol. The Kier molecular flexibility index (Phi) is 2.70. The Bertz CT molecular complexity index is 608. The van der Waals surface area contributed by atoms with E-state index in [1.54, 1.807) is 6.33 Å². The summed E-state index contributed by atoms with van der Waals surface area (Å²) in [5, 5.41) is 1.13. The predicted octanol–water partition coefficient (Wildman–Crippen LogP) is 1.73. The highest BCUT2D eigenvalue weighted by molar-refractivity contribution is 5.87. The highest BCUT2D eigenvalue weighted by Crippen LogP contribution is 2.40. The van der Waals surface area contributed by atoms with Crippen molar-refractivity contribution in [3.63, 3.8) is 0 Å². The van der Waals surface area contributed by atoms with Crippen LogP contribution >= 0.6 is 0 Å². The molecule has 106 valence electrons. The first-order chi connectivity index (χ1) is 9.72. The zero-order chi connectivity index (χ0) is 13.7. The molecule has 1 saturated heterocycles. The Hall–Kier alpha value is -1.62. The Morgan fingerprint density at radius 1 is 1.25 bits per heavy atom. The number of nitrogens with zero attached hydrogens (tertiary/aromatic N) is 4. The molecule has 1 aliphatic heterocycles. The first-order valence-electron chi connectivity index (χ1n) is 7.42. The predicted molar refractivity (Wildman–Crippen MR) is 79.8 cm³/mol. The molecule has 4 rings (SSSR count). The topological polar surface area (TPSA) is 48.1 Å². The van der Waals surface area contributed by atoms with Crippen molar-refractivity contribution in [1.29, 1.82) is 0 Å². The number of aromatic amines is 1. The van der Waals surface area contributed by atoms with Crippen LogP contribution in [0.5, 0.6) is 0 Å². The molecule has 0 amide bonds. The fourth-order valence-electron chi connectivity index (χ4n) is 4.13. The zero-order valence-corrected chi connectivity index (χ0v) is 12.1. The fraction of sp³-hybridized carbons (Fsp3) is 0.600. The van der Waals surface area contributed by atoms with Crippen molar-refractivity contribution in [1.82, 2.24) is 19.9 Å². The van der Waals surface area contributed by atoms with E-state index in [0.717, 1.165) is 28.7 Å². The molecule has 1 saturated carbocycles. The monoisotopic (exact) mass is 271 g/mol. The number of nitrogens with one attached hydrogen (secondary N) is 1. The molecule has 20 heavy (non-hydrogen) atoms. The zero-order valence-electron chi connectivity index (χ0n) is 12.1. The van der Waals surface area contributed by atoms with Crippen LogP contribution in [0.3, 0.4) is 0 Å². The summed E-state index contributed by atoms with van der Waals surface area (Å²) in [6.45, 7) is 2.52. The van der Waals surface area contributed by atoms with Gasteiger partial charge in [-0.2, -0.15) is 0 Å². The molecule has 1 aliphatic carbocycles. The van der Waals surface area contributed by atoms with E-state index in [1.807, 2.05) is 6.20 Å². The summed E-state index contributed by atoms with van der Waals surface area (Å²) >= 11 is 0. The van der Waals surface area contributed by atoms with Gasteiger partial charge in [-0.05, 0) is 37.8 Å². The molecule has 2 aliphatic rings. The van der Waals surface area contributed by atoms with Gasteiger partial charge in [-0.15, -0.1) is 0 Å². The van der Waals surface area contributed by atoms with E-state index < -0.39 is 0 Å². The van der Waals surface area contributed by atoms with Gasteiger partial charge in [0.25, 0.3) is 0 Å². The summed E-state index contributed by atoms with van der Waals surface area (Å²) in [7, 11) is 4.43. The molecule has 1 unspecified atom stereocenters. The van der Waals surface area contributed by atoms with Crippen LogP contribution in [0.2, 0.25) is 0 Å². The maximum absolute atomic E-state index is 4.52. The number of hydrogen-bond donors (Lipinski definition) is 1. The van der Waals surface area contributed by atoms with E-state index in [4.69, 9.17) is 0 Å². The molecule has 0 spiro atoms. The standard InChI is InChI=1S/C15H21N5/c1-19-7-10-5-12(6-11(10)8-19)20(2)15-13-3-4-16-14(13)17-9-18-15/h3-4,9-12H,5-8H2,1-2H3,(H,16,17,18)/t10-,11+,12?. The first-order valence-corrected chi connectivity index (χ1v) is 7.42. The van der Waals surface area contributed by atoms with Crippen LogP contribution in [0.1, 0.15) is 12.8 Å². The molecule has 5 heteroatoms. The van der Waals surface area contributed by atoms with Gasteiger partial charge in [0.1, 0.15) is 17.8 Å². The van der Waals surface area contributed by atoms with Gasteiger partial charge in [-0.25, -0.2) is 9.97 Å². The lowest BCUT2D eigenvalue weighted by Gasteiger charge is -2.27. The van der Waals surface area contributed by atoms with E-state index in [2.05, 4.69) is 44.9 Å². The Morgan fingerprint density at radius 2 is 2.00 bits per heavy atom. The molecule has 2 fully saturated rings. The largest absolute Gasteiger partial charge is 0.356 e. The number of hydrogen-bond acceptors (Lipinski definition) is 4. The van der Waals surface area contributed by atoms with E-state index in [-0.39, 0.29) is 0 Å². The molecular formula is C15H21N5. The molecule has 1 N–H and O–H groups in total. The van der Waals surface area contributed by atoms with E-state index in [0.29, 0.717) is 6.04 Å². The van der Waals surface area contributed by atoms with Gasteiger partial charge < -0.3 is 14.8 Å². The number of H-pyrrole nitrogens is 1. The van der Waals surface area contributed by atoms with Gasteiger partial charge in [0.15, 0.2) is 0 Å². The molecule has 2 aromatic heterocycles. The van der Waals surface area contributed by atoms with Gasteiger partial charge in [0.05, 0.1) is 5.39 Å². The van der Waals surface area contributed by atoms with Crippen LogP contribution in [0.4, 0.5) is 5.82 Å². The molecule has 5 nitrogen and oxygen atoms in total. The van der Waals surface area contributed by atoms with Crippen molar-refractivity contribution in [2.75, 3.05) is 32.1 Å². The molecule has 3 atom stereocenters. The van der Waals surface area contributed by atoms with Crippen LogP contribution in [0.15, 0.2) is 18.6 Å².